The number of hydrogen-bond donors (Lipinski definition) is 2. The monoisotopic (exact) mass is 296 g/mol. The zero-order valence-corrected chi connectivity index (χ0v) is 12.2. The topological polar surface area (TPSA) is 97.1 Å². The van der Waals surface area contributed by atoms with Gasteiger partial charge in [-0.05, 0) is 32.0 Å². The molecule has 1 aromatic heterocycles. The zero-order valence-electron chi connectivity index (χ0n) is 11.4. The molecular formula is C12H16N4O3S. The first-order chi connectivity index (χ1) is 9.33. The van der Waals surface area contributed by atoms with E-state index in [4.69, 9.17) is 4.52 Å². The molecule has 7 nitrogen and oxygen atoms in total. The molecular weight excluding hydrogens is 280 g/mol. The van der Waals surface area contributed by atoms with Crippen LogP contribution in [0.25, 0.3) is 0 Å². The minimum absolute atomic E-state index is 0.176. The van der Waals surface area contributed by atoms with E-state index in [-0.39, 0.29) is 6.04 Å². The van der Waals surface area contributed by atoms with E-state index in [9.17, 15) is 8.42 Å². The van der Waals surface area contributed by atoms with E-state index in [2.05, 4.69) is 20.2 Å². The lowest BCUT2D eigenvalue weighted by Crippen LogP contribution is -2.10. The number of nitrogens with zero attached hydrogens (tertiary/aromatic N) is 2. The summed E-state index contributed by atoms with van der Waals surface area (Å²) < 4.78 is 29.9. The normalized spacial score (nSPS) is 12.9. The summed E-state index contributed by atoms with van der Waals surface area (Å²) in [6, 6.07) is 6.77. The smallest absolute Gasteiger partial charge is 0.248 e. The Morgan fingerprint density at radius 1 is 1.30 bits per heavy atom. The van der Waals surface area contributed by atoms with Crippen molar-refractivity contribution in [2.24, 2.45) is 0 Å². The van der Waals surface area contributed by atoms with Crippen molar-refractivity contribution < 1.29 is 12.9 Å². The van der Waals surface area contributed by atoms with Crippen LogP contribution in [-0.2, 0) is 10.0 Å². The Hall–Kier alpha value is -2.09. The molecule has 0 saturated carbocycles. The summed E-state index contributed by atoms with van der Waals surface area (Å²) in [4.78, 5) is 4.14. The van der Waals surface area contributed by atoms with E-state index in [0.717, 1.165) is 11.9 Å². The third kappa shape index (κ3) is 3.95. The predicted octanol–water partition coefficient (Wildman–Crippen LogP) is 1.92. The van der Waals surface area contributed by atoms with Gasteiger partial charge in [-0.2, -0.15) is 4.98 Å². The van der Waals surface area contributed by atoms with Gasteiger partial charge in [0, 0.05) is 5.69 Å². The number of anilines is 2. The molecule has 0 amide bonds. The van der Waals surface area contributed by atoms with Gasteiger partial charge in [-0.1, -0.05) is 11.2 Å². The van der Waals surface area contributed by atoms with Crippen molar-refractivity contribution in [1.82, 2.24) is 10.1 Å². The third-order valence-electron chi connectivity index (χ3n) is 2.46. The second-order valence-electron chi connectivity index (χ2n) is 4.50. The van der Waals surface area contributed by atoms with Gasteiger partial charge in [-0.25, -0.2) is 8.42 Å². The summed E-state index contributed by atoms with van der Waals surface area (Å²) in [6.45, 7) is 3.62. The number of benzene rings is 1. The van der Waals surface area contributed by atoms with Gasteiger partial charge in [0.05, 0.1) is 11.9 Å². The second kappa shape index (κ2) is 5.49. The molecule has 20 heavy (non-hydrogen) atoms. The maximum absolute atomic E-state index is 11.2. The Morgan fingerprint density at radius 2 is 2.00 bits per heavy atom. The Bertz CT molecular complexity index is 696. The highest BCUT2D eigenvalue weighted by Crippen LogP contribution is 2.21. The fourth-order valence-electron chi connectivity index (χ4n) is 1.69. The first-order valence-corrected chi connectivity index (χ1v) is 7.87. The van der Waals surface area contributed by atoms with Gasteiger partial charge in [-0.3, -0.25) is 4.72 Å². The summed E-state index contributed by atoms with van der Waals surface area (Å²) in [6.07, 6.45) is 1.11. The van der Waals surface area contributed by atoms with Crippen LogP contribution in [-0.4, -0.2) is 24.8 Å². The summed E-state index contributed by atoms with van der Waals surface area (Å²) in [7, 11) is -3.29. The lowest BCUT2D eigenvalue weighted by atomic mass is 10.2. The molecule has 8 heteroatoms. The average Bonchev–Trinajstić information content (AvgIpc) is 2.74. The van der Waals surface area contributed by atoms with E-state index in [1.54, 1.807) is 25.1 Å². The van der Waals surface area contributed by atoms with Gasteiger partial charge in [0.15, 0.2) is 5.82 Å². The van der Waals surface area contributed by atoms with Crippen molar-refractivity contribution in [3.8, 4) is 0 Å². The molecule has 0 aliphatic heterocycles. The van der Waals surface area contributed by atoms with Crippen LogP contribution in [0.15, 0.2) is 28.8 Å². The molecule has 1 aromatic carbocycles. The Labute approximate surface area is 117 Å². The molecule has 0 spiro atoms. The third-order valence-corrected chi connectivity index (χ3v) is 3.07. The summed E-state index contributed by atoms with van der Waals surface area (Å²) >= 11 is 0. The van der Waals surface area contributed by atoms with E-state index >= 15 is 0 Å². The number of hydrogen-bond acceptors (Lipinski definition) is 6. The van der Waals surface area contributed by atoms with Crippen LogP contribution < -0.4 is 10.0 Å². The fraction of sp³-hybridized carbons (Fsp3) is 0.333. The second-order valence-corrected chi connectivity index (χ2v) is 6.25. The van der Waals surface area contributed by atoms with Crippen molar-refractivity contribution >= 4 is 21.4 Å². The highest BCUT2D eigenvalue weighted by molar-refractivity contribution is 7.92. The quantitative estimate of drug-likeness (QED) is 0.875. The van der Waals surface area contributed by atoms with Crippen LogP contribution in [0.1, 0.15) is 24.7 Å². The van der Waals surface area contributed by atoms with Crippen molar-refractivity contribution in [2.75, 3.05) is 16.3 Å². The van der Waals surface area contributed by atoms with Gasteiger partial charge in [0.1, 0.15) is 6.04 Å². The van der Waals surface area contributed by atoms with E-state index in [1.807, 2.05) is 13.0 Å². The van der Waals surface area contributed by atoms with Crippen LogP contribution in [0.3, 0.4) is 0 Å². The highest BCUT2D eigenvalue weighted by atomic mass is 32.2. The van der Waals surface area contributed by atoms with Gasteiger partial charge < -0.3 is 9.84 Å². The van der Waals surface area contributed by atoms with Crippen molar-refractivity contribution in [3.63, 3.8) is 0 Å². The maximum atomic E-state index is 11.2. The summed E-state index contributed by atoms with van der Waals surface area (Å²) in [5.41, 5.74) is 1.24. The maximum Gasteiger partial charge on any atom is 0.248 e. The minimum atomic E-state index is -3.29. The van der Waals surface area contributed by atoms with Crippen molar-refractivity contribution in [3.05, 3.63) is 36.0 Å². The van der Waals surface area contributed by atoms with Crippen LogP contribution in [0.2, 0.25) is 0 Å². The molecule has 0 unspecified atom stereocenters. The number of sulfonamides is 1. The standard InChI is InChI=1S/C12H16N4O3S/c1-8(12-14-9(2)15-19-12)13-10-5-4-6-11(7-10)16-20(3,17)18/h4-8,13,16H,1-3H3/t8-/m1/s1. The SMILES string of the molecule is Cc1noc([C@@H](C)Nc2cccc(NS(C)(=O)=O)c2)n1. The molecule has 2 aromatic rings. The number of aromatic nitrogens is 2. The van der Waals surface area contributed by atoms with Crippen LogP contribution in [0, 0.1) is 6.92 Å². The fourth-order valence-corrected chi connectivity index (χ4v) is 2.24. The number of nitrogens with one attached hydrogen (secondary N) is 2. The van der Waals surface area contributed by atoms with Crippen molar-refractivity contribution in [1.29, 1.82) is 0 Å². The lowest BCUT2D eigenvalue weighted by molar-refractivity contribution is 0.364. The van der Waals surface area contributed by atoms with Gasteiger partial charge in [-0.15, -0.1) is 0 Å². The molecule has 0 bridgehead atoms. The van der Waals surface area contributed by atoms with Crippen LogP contribution in [0.4, 0.5) is 11.4 Å². The first kappa shape index (κ1) is 14.3. The molecule has 0 radical (unpaired) electrons. The number of rotatable bonds is 5. The molecule has 0 fully saturated rings. The molecule has 2 rings (SSSR count). The van der Waals surface area contributed by atoms with Gasteiger partial charge >= 0.3 is 0 Å². The van der Waals surface area contributed by atoms with E-state index in [1.165, 1.54) is 0 Å². The molecule has 0 aliphatic carbocycles. The van der Waals surface area contributed by atoms with Gasteiger partial charge in [0.2, 0.25) is 15.9 Å². The molecule has 0 saturated heterocycles. The molecule has 0 aliphatic rings. The van der Waals surface area contributed by atoms with Crippen molar-refractivity contribution in [2.45, 2.75) is 19.9 Å². The largest absolute Gasteiger partial charge is 0.374 e. The lowest BCUT2D eigenvalue weighted by Gasteiger charge is -2.12. The summed E-state index contributed by atoms with van der Waals surface area (Å²) in [5.74, 6) is 1.05. The van der Waals surface area contributed by atoms with Gasteiger partial charge in [0.25, 0.3) is 0 Å². The zero-order chi connectivity index (χ0) is 14.8. The molecule has 1 heterocycles. The minimum Gasteiger partial charge on any atom is -0.374 e. The van der Waals surface area contributed by atoms with E-state index in [0.29, 0.717) is 17.4 Å². The number of aryl methyl sites for hydroxylation is 1. The van der Waals surface area contributed by atoms with Crippen LogP contribution >= 0.6 is 0 Å². The first-order valence-electron chi connectivity index (χ1n) is 5.98. The predicted molar refractivity (Wildman–Crippen MR) is 76.0 cm³/mol. The molecule has 2 N–H and O–H groups in total. The van der Waals surface area contributed by atoms with E-state index < -0.39 is 10.0 Å². The Kier molecular flexibility index (Phi) is 3.93. The molecule has 1 atom stereocenters. The summed E-state index contributed by atoms with van der Waals surface area (Å²) in [5, 5.41) is 6.89. The van der Waals surface area contributed by atoms with Crippen LogP contribution in [0.5, 0.6) is 0 Å². The Morgan fingerprint density at radius 3 is 2.60 bits per heavy atom. The average molecular weight is 296 g/mol. The highest BCUT2D eigenvalue weighted by Gasteiger charge is 2.12. The Balaban J connectivity index is 2.11. The molecule has 108 valence electrons.